The summed E-state index contributed by atoms with van der Waals surface area (Å²) in [6, 6.07) is 20.6. The summed E-state index contributed by atoms with van der Waals surface area (Å²) in [5, 5.41) is 3.20. The van der Waals surface area contributed by atoms with Gasteiger partial charge in [0.25, 0.3) is 0 Å². The lowest BCUT2D eigenvalue weighted by atomic mass is 10.2. The van der Waals surface area contributed by atoms with Gasteiger partial charge in [-0.15, -0.1) is 0 Å². The molecule has 6 nitrogen and oxygen atoms in total. The smallest absolute Gasteiger partial charge is 0.242 e. The first-order valence-electron chi connectivity index (χ1n) is 9.71. The van der Waals surface area contributed by atoms with Gasteiger partial charge in [0, 0.05) is 52.5 Å². The van der Waals surface area contributed by atoms with Crippen LogP contribution in [0.2, 0.25) is 0 Å². The van der Waals surface area contributed by atoms with E-state index < -0.39 is 0 Å². The maximum absolute atomic E-state index is 12.6. The van der Waals surface area contributed by atoms with Gasteiger partial charge in [-0.3, -0.25) is 9.79 Å². The van der Waals surface area contributed by atoms with Crippen LogP contribution in [0.5, 0.6) is 0 Å². The van der Waals surface area contributed by atoms with Gasteiger partial charge in [-0.1, -0.05) is 48.5 Å². The Hall–Kier alpha value is -3.02. The van der Waals surface area contributed by atoms with Crippen molar-refractivity contribution in [1.82, 2.24) is 15.1 Å². The Morgan fingerprint density at radius 3 is 2.21 bits per heavy atom. The Kier molecular flexibility index (Phi) is 6.89. The van der Waals surface area contributed by atoms with Gasteiger partial charge >= 0.3 is 0 Å². The van der Waals surface area contributed by atoms with Crippen molar-refractivity contribution in [1.29, 1.82) is 0 Å². The van der Waals surface area contributed by atoms with Gasteiger partial charge in [0.05, 0.1) is 6.54 Å². The number of carbonyl (C=O) groups excluding carboxylic acids is 1. The molecule has 0 saturated carbocycles. The Bertz CT molecular complexity index is 770. The summed E-state index contributed by atoms with van der Waals surface area (Å²) in [5.41, 5.74) is 2.42. The van der Waals surface area contributed by atoms with Crippen LogP contribution in [-0.2, 0) is 11.3 Å². The molecule has 0 unspecified atom stereocenters. The summed E-state index contributed by atoms with van der Waals surface area (Å²) in [4.78, 5) is 23.2. The molecule has 1 aliphatic rings. The molecule has 6 heteroatoms. The number of anilines is 1. The predicted octanol–water partition coefficient (Wildman–Crippen LogP) is 2.04. The summed E-state index contributed by atoms with van der Waals surface area (Å²) >= 11 is 0. The van der Waals surface area contributed by atoms with Crippen molar-refractivity contribution in [3.05, 3.63) is 66.2 Å². The standard InChI is InChI=1S/C22H29N5O/c1-23-22(25(2)18-19-9-5-3-6-10-19)24-17-21(28)27-15-13-26(14-16-27)20-11-7-4-8-12-20/h3-12H,13-18H2,1-2H3,(H,23,24). The van der Waals surface area contributed by atoms with E-state index in [9.17, 15) is 4.79 Å². The van der Waals surface area contributed by atoms with Crippen molar-refractivity contribution in [3.63, 3.8) is 0 Å². The zero-order chi connectivity index (χ0) is 19.8. The van der Waals surface area contributed by atoms with Crippen LogP contribution in [0, 0.1) is 0 Å². The number of rotatable bonds is 5. The third kappa shape index (κ3) is 5.25. The van der Waals surface area contributed by atoms with E-state index >= 15 is 0 Å². The number of nitrogens with zero attached hydrogens (tertiary/aromatic N) is 4. The zero-order valence-corrected chi connectivity index (χ0v) is 16.7. The largest absolute Gasteiger partial charge is 0.368 e. The fourth-order valence-electron chi connectivity index (χ4n) is 3.44. The third-order valence-corrected chi connectivity index (χ3v) is 4.99. The lowest BCUT2D eigenvalue weighted by Gasteiger charge is -2.36. The first-order valence-corrected chi connectivity index (χ1v) is 9.71. The number of benzene rings is 2. The summed E-state index contributed by atoms with van der Waals surface area (Å²) in [6.07, 6.45) is 0. The van der Waals surface area contributed by atoms with Crippen molar-refractivity contribution in [2.24, 2.45) is 4.99 Å². The molecule has 0 radical (unpaired) electrons. The molecule has 1 aliphatic heterocycles. The van der Waals surface area contributed by atoms with E-state index in [-0.39, 0.29) is 12.5 Å². The Morgan fingerprint density at radius 1 is 1.00 bits per heavy atom. The van der Waals surface area contributed by atoms with Crippen molar-refractivity contribution in [3.8, 4) is 0 Å². The van der Waals surface area contributed by atoms with Crippen LogP contribution in [0.4, 0.5) is 5.69 Å². The molecule has 1 amide bonds. The topological polar surface area (TPSA) is 51.2 Å². The Morgan fingerprint density at radius 2 is 1.61 bits per heavy atom. The molecule has 0 aliphatic carbocycles. The van der Waals surface area contributed by atoms with E-state index in [0.29, 0.717) is 0 Å². The second-order valence-electron chi connectivity index (χ2n) is 6.95. The van der Waals surface area contributed by atoms with Gasteiger partial charge in [0.15, 0.2) is 5.96 Å². The number of piperazine rings is 1. The summed E-state index contributed by atoms with van der Waals surface area (Å²) in [5.74, 6) is 0.835. The van der Waals surface area contributed by atoms with Crippen LogP contribution < -0.4 is 10.2 Å². The molecule has 3 rings (SSSR count). The zero-order valence-electron chi connectivity index (χ0n) is 16.7. The van der Waals surface area contributed by atoms with Gasteiger partial charge in [-0.25, -0.2) is 0 Å². The van der Waals surface area contributed by atoms with Crippen molar-refractivity contribution in [2.75, 3.05) is 51.7 Å². The van der Waals surface area contributed by atoms with Crippen molar-refractivity contribution in [2.45, 2.75) is 6.54 Å². The number of para-hydroxylation sites is 1. The minimum absolute atomic E-state index is 0.113. The van der Waals surface area contributed by atoms with Crippen LogP contribution in [0.25, 0.3) is 0 Å². The van der Waals surface area contributed by atoms with E-state index in [1.165, 1.54) is 11.3 Å². The van der Waals surface area contributed by atoms with Crippen molar-refractivity contribution >= 4 is 17.6 Å². The van der Waals surface area contributed by atoms with Gasteiger partial charge < -0.3 is 20.0 Å². The van der Waals surface area contributed by atoms with Crippen LogP contribution in [-0.4, -0.2) is 68.5 Å². The molecule has 0 atom stereocenters. The average Bonchev–Trinajstić information content (AvgIpc) is 2.75. The van der Waals surface area contributed by atoms with E-state index in [0.717, 1.165) is 38.7 Å². The highest BCUT2D eigenvalue weighted by atomic mass is 16.2. The molecule has 1 fully saturated rings. The number of guanidine groups is 1. The van der Waals surface area contributed by atoms with Crippen LogP contribution in [0.1, 0.15) is 5.56 Å². The first-order chi connectivity index (χ1) is 13.7. The molecule has 1 heterocycles. The molecule has 1 N–H and O–H groups in total. The molecular weight excluding hydrogens is 350 g/mol. The third-order valence-electron chi connectivity index (χ3n) is 4.99. The molecule has 28 heavy (non-hydrogen) atoms. The highest BCUT2D eigenvalue weighted by Gasteiger charge is 2.21. The van der Waals surface area contributed by atoms with Gasteiger partial charge in [-0.2, -0.15) is 0 Å². The number of nitrogens with one attached hydrogen (secondary N) is 1. The van der Waals surface area contributed by atoms with E-state index in [2.05, 4.69) is 39.5 Å². The fraction of sp³-hybridized carbons (Fsp3) is 0.364. The molecular formula is C22H29N5O. The lowest BCUT2D eigenvalue weighted by molar-refractivity contribution is -0.130. The van der Waals surface area contributed by atoms with E-state index in [1.54, 1.807) is 7.05 Å². The first kappa shape index (κ1) is 19.7. The monoisotopic (exact) mass is 379 g/mol. The summed E-state index contributed by atoms with van der Waals surface area (Å²) in [7, 11) is 3.72. The highest BCUT2D eigenvalue weighted by Crippen LogP contribution is 2.15. The van der Waals surface area contributed by atoms with Crippen LogP contribution in [0.15, 0.2) is 65.7 Å². The number of aliphatic imine (C=N–C) groups is 1. The van der Waals surface area contributed by atoms with Crippen LogP contribution >= 0.6 is 0 Å². The maximum Gasteiger partial charge on any atom is 0.242 e. The van der Waals surface area contributed by atoms with Gasteiger partial charge in [-0.05, 0) is 17.7 Å². The molecule has 2 aromatic carbocycles. The van der Waals surface area contributed by atoms with E-state index in [1.807, 2.05) is 53.2 Å². The predicted molar refractivity (Wildman–Crippen MR) is 115 cm³/mol. The van der Waals surface area contributed by atoms with Crippen molar-refractivity contribution < 1.29 is 4.79 Å². The van der Waals surface area contributed by atoms with Crippen LogP contribution in [0.3, 0.4) is 0 Å². The van der Waals surface area contributed by atoms with Gasteiger partial charge in [0.1, 0.15) is 0 Å². The fourth-order valence-corrected chi connectivity index (χ4v) is 3.44. The number of hydrogen-bond acceptors (Lipinski definition) is 3. The molecule has 148 valence electrons. The summed E-state index contributed by atoms with van der Waals surface area (Å²) in [6.45, 7) is 4.21. The normalized spacial score (nSPS) is 14.7. The molecule has 0 aromatic heterocycles. The minimum atomic E-state index is 0.113. The Balaban J connectivity index is 1.45. The molecule has 0 bridgehead atoms. The summed E-state index contributed by atoms with van der Waals surface area (Å²) < 4.78 is 0. The number of carbonyl (C=O) groups is 1. The maximum atomic E-state index is 12.6. The second kappa shape index (κ2) is 9.78. The second-order valence-corrected chi connectivity index (χ2v) is 6.95. The quantitative estimate of drug-likeness (QED) is 0.638. The SMILES string of the molecule is CN=C(NCC(=O)N1CCN(c2ccccc2)CC1)N(C)Cc1ccccc1. The molecule has 2 aromatic rings. The minimum Gasteiger partial charge on any atom is -0.368 e. The number of hydrogen-bond donors (Lipinski definition) is 1. The average molecular weight is 380 g/mol. The highest BCUT2D eigenvalue weighted by molar-refractivity contribution is 5.86. The van der Waals surface area contributed by atoms with Gasteiger partial charge in [0.2, 0.25) is 5.91 Å². The lowest BCUT2D eigenvalue weighted by Crippen LogP contribution is -2.52. The van der Waals surface area contributed by atoms with E-state index in [4.69, 9.17) is 0 Å². The number of amides is 1. The Labute approximate surface area is 167 Å². The molecule has 0 spiro atoms. The molecule has 1 saturated heterocycles.